The Balaban J connectivity index is 2.23. The van der Waals surface area contributed by atoms with Crippen LogP contribution in [0.25, 0.3) is 0 Å². The highest BCUT2D eigenvalue weighted by atomic mass is 16.5. The SMILES string of the molecule is CC(=CCNCc1ncon1)C(=O)O. The molecule has 76 valence electrons. The van der Waals surface area contributed by atoms with Crippen LogP contribution in [0.5, 0.6) is 0 Å². The Morgan fingerprint density at radius 3 is 3.14 bits per heavy atom. The molecule has 1 aromatic heterocycles. The molecule has 0 bridgehead atoms. The zero-order valence-corrected chi connectivity index (χ0v) is 7.73. The standard InChI is InChI=1S/C8H11N3O3/c1-6(8(12)13)2-3-9-4-7-10-5-14-11-7/h2,5,9H,3-4H2,1H3,(H,12,13). The summed E-state index contributed by atoms with van der Waals surface area (Å²) in [6, 6.07) is 0. The van der Waals surface area contributed by atoms with Gasteiger partial charge in [0.1, 0.15) is 0 Å². The van der Waals surface area contributed by atoms with Crippen LogP contribution >= 0.6 is 0 Å². The lowest BCUT2D eigenvalue weighted by molar-refractivity contribution is -0.132. The fourth-order valence-electron chi connectivity index (χ4n) is 0.767. The Kier molecular flexibility index (Phi) is 3.81. The van der Waals surface area contributed by atoms with E-state index in [0.29, 0.717) is 24.5 Å². The first-order valence-electron chi connectivity index (χ1n) is 4.06. The van der Waals surface area contributed by atoms with Crippen molar-refractivity contribution in [2.24, 2.45) is 0 Å². The topological polar surface area (TPSA) is 88.3 Å². The van der Waals surface area contributed by atoms with Gasteiger partial charge >= 0.3 is 5.97 Å². The van der Waals surface area contributed by atoms with Gasteiger partial charge < -0.3 is 14.9 Å². The molecule has 0 amide bonds. The van der Waals surface area contributed by atoms with Crippen molar-refractivity contribution in [1.82, 2.24) is 15.5 Å². The number of carboxylic acids is 1. The molecule has 1 aromatic rings. The Morgan fingerprint density at radius 1 is 1.79 bits per heavy atom. The summed E-state index contributed by atoms with van der Waals surface area (Å²) in [5.41, 5.74) is 0.311. The van der Waals surface area contributed by atoms with Gasteiger partial charge in [0, 0.05) is 12.1 Å². The van der Waals surface area contributed by atoms with Gasteiger partial charge in [-0.05, 0) is 6.92 Å². The van der Waals surface area contributed by atoms with Gasteiger partial charge in [-0.1, -0.05) is 11.2 Å². The average Bonchev–Trinajstić information content (AvgIpc) is 2.64. The maximum Gasteiger partial charge on any atom is 0.330 e. The molecule has 14 heavy (non-hydrogen) atoms. The number of aromatic nitrogens is 2. The van der Waals surface area contributed by atoms with E-state index in [4.69, 9.17) is 5.11 Å². The summed E-state index contributed by atoms with van der Waals surface area (Å²) < 4.78 is 4.52. The molecule has 0 saturated heterocycles. The molecule has 0 radical (unpaired) electrons. The van der Waals surface area contributed by atoms with E-state index < -0.39 is 5.97 Å². The van der Waals surface area contributed by atoms with E-state index in [9.17, 15) is 4.79 Å². The summed E-state index contributed by atoms with van der Waals surface area (Å²) in [7, 11) is 0. The maximum absolute atomic E-state index is 10.4. The van der Waals surface area contributed by atoms with Crippen LogP contribution in [-0.4, -0.2) is 27.8 Å². The zero-order chi connectivity index (χ0) is 10.4. The van der Waals surface area contributed by atoms with E-state index in [1.807, 2.05) is 0 Å². The van der Waals surface area contributed by atoms with E-state index in [1.165, 1.54) is 6.39 Å². The maximum atomic E-state index is 10.4. The molecule has 1 heterocycles. The third-order valence-electron chi connectivity index (χ3n) is 1.58. The van der Waals surface area contributed by atoms with E-state index in [1.54, 1.807) is 13.0 Å². The number of nitrogens with zero attached hydrogens (tertiary/aromatic N) is 2. The molecule has 0 fully saturated rings. The molecule has 1 rings (SSSR count). The molecule has 0 aliphatic rings. The second-order valence-corrected chi connectivity index (χ2v) is 2.67. The predicted octanol–water partition coefficient (Wildman–Crippen LogP) is 0.190. The lowest BCUT2D eigenvalue weighted by atomic mass is 10.3. The van der Waals surface area contributed by atoms with Gasteiger partial charge in [0.15, 0.2) is 5.82 Å². The lowest BCUT2D eigenvalue weighted by Crippen LogP contribution is -2.15. The number of nitrogens with one attached hydrogen (secondary N) is 1. The van der Waals surface area contributed by atoms with E-state index in [2.05, 4.69) is 20.0 Å². The van der Waals surface area contributed by atoms with Crippen molar-refractivity contribution < 1.29 is 14.4 Å². The summed E-state index contributed by atoms with van der Waals surface area (Å²) in [6.07, 6.45) is 2.83. The monoisotopic (exact) mass is 197 g/mol. The average molecular weight is 197 g/mol. The van der Waals surface area contributed by atoms with Crippen molar-refractivity contribution in [3.63, 3.8) is 0 Å². The van der Waals surface area contributed by atoms with Crippen LogP contribution in [0.2, 0.25) is 0 Å². The van der Waals surface area contributed by atoms with Crippen LogP contribution in [0, 0.1) is 0 Å². The van der Waals surface area contributed by atoms with Crippen LogP contribution in [0.4, 0.5) is 0 Å². The number of rotatable bonds is 5. The third kappa shape index (κ3) is 3.36. The van der Waals surface area contributed by atoms with Gasteiger partial charge in [0.05, 0.1) is 6.54 Å². The van der Waals surface area contributed by atoms with Crippen molar-refractivity contribution in [1.29, 1.82) is 0 Å². The first-order chi connectivity index (χ1) is 6.70. The molecule has 0 atom stereocenters. The lowest BCUT2D eigenvalue weighted by Gasteiger charge is -1.96. The zero-order valence-electron chi connectivity index (χ0n) is 7.73. The van der Waals surface area contributed by atoms with Crippen LogP contribution in [-0.2, 0) is 11.3 Å². The number of hydrogen-bond donors (Lipinski definition) is 2. The number of aliphatic carboxylic acids is 1. The highest BCUT2D eigenvalue weighted by Gasteiger charge is 1.99. The summed E-state index contributed by atoms with van der Waals surface area (Å²) in [5.74, 6) is -0.363. The van der Waals surface area contributed by atoms with E-state index in [0.717, 1.165) is 0 Å². The number of carboxylic acid groups (broad SMARTS) is 1. The molecule has 0 saturated carbocycles. The molecule has 0 aromatic carbocycles. The summed E-state index contributed by atoms with van der Waals surface area (Å²) in [6.45, 7) is 2.46. The highest BCUT2D eigenvalue weighted by molar-refractivity contribution is 5.85. The molecule has 2 N–H and O–H groups in total. The smallest absolute Gasteiger partial charge is 0.330 e. The van der Waals surface area contributed by atoms with E-state index >= 15 is 0 Å². The van der Waals surface area contributed by atoms with Crippen molar-refractivity contribution in [3.05, 3.63) is 23.9 Å². The number of hydrogen-bond acceptors (Lipinski definition) is 5. The van der Waals surface area contributed by atoms with Crippen molar-refractivity contribution in [2.75, 3.05) is 6.54 Å². The van der Waals surface area contributed by atoms with Gasteiger partial charge in [-0.2, -0.15) is 4.98 Å². The Morgan fingerprint density at radius 2 is 2.57 bits per heavy atom. The minimum atomic E-state index is -0.911. The molecule has 0 aliphatic carbocycles. The molecule has 0 aliphatic heterocycles. The number of carbonyl (C=O) groups is 1. The Bertz CT molecular complexity index is 319. The van der Waals surface area contributed by atoms with Crippen LogP contribution in [0.15, 0.2) is 22.6 Å². The van der Waals surface area contributed by atoms with Crippen molar-refractivity contribution >= 4 is 5.97 Å². The molecule has 0 spiro atoms. The fourth-order valence-corrected chi connectivity index (χ4v) is 0.767. The summed E-state index contributed by atoms with van der Waals surface area (Å²) in [4.78, 5) is 14.2. The first-order valence-corrected chi connectivity index (χ1v) is 4.06. The van der Waals surface area contributed by atoms with Gasteiger partial charge in [-0.3, -0.25) is 0 Å². The van der Waals surface area contributed by atoms with Gasteiger partial charge in [-0.15, -0.1) is 0 Å². The van der Waals surface area contributed by atoms with Crippen LogP contribution in [0.1, 0.15) is 12.7 Å². The fraction of sp³-hybridized carbons (Fsp3) is 0.375. The van der Waals surface area contributed by atoms with Crippen LogP contribution in [0.3, 0.4) is 0 Å². The molecule has 6 heteroatoms. The molecular weight excluding hydrogens is 186 g/mol. The predicted molar refractivity (Wildman–Crippen MR) is 47.4 cm³/mol. The molecular formula is C8H11N3O3. The Labute approximate surface area is 80.6 Å². The quantitative estimate of drug-likeness (QED) is 0.517. The highest BCUT2D eigenvalue weighted by Crippen LogP contribution is 1.91. The Hall–Kier alpha value is -1.69. The van der Waals surface area contributed by atoms with Crippen LogP contribution < -0.4 is 5.32 Å². The normalized spacial score (nSPS) is 11.6. The molecule has 0 unspecified atom stereocenters. The first kappa shape index (κ1) is 10.4. The van der Waals surface area contributed by atoms with Gasteiger partial charge in [0.2, 0.25) is 6.39 Å². The van der Waals surface area contributed by atoms with Crippen molar-refractivity contribution in [2.45, 2.75) is 13.5 Å². The second kappa shape index (κ2) is 5.13. The summed E-state index contributed by atoms with van der Waals surface area (Å²) >= 11 is 0. The summed E-state index contributed by atoms with van der Waals surface area (Å²) in [5, 5.41) is 15.1. The van der Waals surface area contributed by atoms with Gasteiger partial charge in [-0.25, -0.2) is 4.79 Å². The third-order valence-corrected chi connectivity index (χ3v) is 1.58. The minimum absolute atomic E-state index is 0.311. The van der Waals surface area contributed by atoms with E-state index in [-0.39, 0.29) is 0 Å². The second-order valence-electron chi connectivity index (χ2n) is 2.67. The van der Waals surface area contributed by atoms with Gasteiger partial charge in [0.25, 0.3) is 0 Å². The van der Waals surface area contributed by atoms with Crippen molar-refractivity contribution in [3.8, 4) is 0 Å². The largest absolute Gasteiger partial charge is 0.478 e. The minimum Gasteiger partial charge on any atom is -0.478 e. The molecule has 6 nitrogen and oxygen atoms in total.